The predicted octanol–water partition coefficient (Wildman–Crippen LogP) is 3.65. The molecule has 3 aromatic rings. The first-order chi connectivity index (χ1) is 12.1. The Labute approximate surface area is 147 Å². The van der Waals surface area contributed by atoms with E-state index in [1.807, 2.05) is 68.4 Å². The van der Waals surface area contributed by atoms with Gasteiger partial charge < -0.3 is 9.88 Å². The smallest absolute Gasteiger partial charge is 0.268 e. The fourth-order valence-corrected chi connectivity index (χ4v) is 2.96. The number of carbonyl (C=O) groups is 1. The van der Waals surface area contributed by atoms with Gasteiger partial charge in [0.1, 0.15) is 5.69 Å². The van der Waals surface area contributed by atoms with Gasteiger partial charge in [0.05, 0.1) is 0 Å². The highest BCUT2D eigenvalue weighted by atomic mass is 16.2. The van der Waals surface area contributed by atoms with Crippen LogP contribution < -0.4 is 10.9 Å². The Hall–Kier alpha value is -2.88. The highest BCUT2D eigenvalue weighted by molar-refractivity contribution is 5.96. The molecule has 3 rings (SSSR count). The lowest BCUT2D eigenvalue weighted by Crippen LogP contribution is -2.32. The third-order valence-corrected chi connectivity index (χ3v) is 4.24. The van der Waals surface area contributed by atoms with E-state index in [4.69, 9.17) is 0 Å². The van der Waals surface area contributed by atoms with Crippen LogP contribution in [0.25, 0.3) is 10.8 Å². The molecule has 0 fully saturated rings. The Balaban J connectivity index is 1.98. The summed E-state index contributed by atoms with van der Waals surface area (Å²) in [4.78, 5) is 25.6. The van der Waals surface area contributed by atoms with Crippen LogP contribution in [-0.4, -0.2) is 10.5 Å². The maximum Gasteiger partial charge on any atom is 0.268 e. The molecule has 0 unspecified atom stereocenters. The van der Waals surface area contributed by atoms with Gasteiger partial charge in [-0.15, -0.1) is 0 Å². The number of benzene rings is 2. The lowest BCUT2D eigenvalue weighted by Gasteiger charge is -2.14. The van der Waals surface area contributed by atoms with E-state index in [1.54, 1.807) is 4.57 Å². The summed E-state index contributed by atoms with van der Waals surface area (Å²) >= 11 is 0. The zero-order chi connectivity index (χ0) is 17.8. The maximum atomic E-state index is 12.9. The number of nitrogens with one attached hydrogen (secondary N) is 1. The van der Waals surface area contributed by atoms with Gasteiger partial charge in [0.25, 0.3) is 11.5 Å². The van der Waals surface area contributed by atoms with Crippen LogP contribution in [0.3, 0.4) is 0 Å². The number of pyridine rings is 1. The number of carbonyl (C=O) groups excluding carboxylic acids is 1. The largest absolute Gasteiger partial charge is 0.347 e. The molecular formula is C21H22N2O2. The molecule has 0 aliphatic rings. The fourth-order valence-electron chi connectivity index (χ4n) is 2.96. The summed E-state index contributed by atoms with van der Waals surface area (Å²) in [5, 5.41) is 4.38. The van der Waals surface area contributed by atoms with Crippen molar-refractivity contribution in [2.45, 2.75) is 33.4 Å². The first-order valence-corrected chi connectivity index (χ1v) is 8.56. The minimum absolute atomic E-state index is 0.104. The van der Waals surface area contributed by atoms with Crippen molar-refractivity contribution in [2.75, 3.05) is 0 Å². The van der Waals surface area contributed by atoms with Gasteiger partial charge >= 0.3 is 0 Å². The fraction of sp³-hybridized carbons (Fsp3) is 0.238. The molecule has 0 aliphatic heterocycles. The SMILES string of the molecule is CCCn1c(C(=O)NCc2ccccc2)cc2ccc(C)cc2c1=O. The number of rotatable bonds is 5. The van der Waals surface area contributed by atoms with E-state index in [1.165, 1.54) is 0 Å². The number of hydrogen-bond donors (Lipinski definition) is 1. The lowest BCUT2D eigenvalue weighted by atomic mass is 10.1. The normalized spacial score (nSPS) is 10.8. The molecular weight excluding hydrogens is 312 g/mol. The minimum Gasteiger partial charge on any atom is -0.347 e. The van der Waals surface area contributed by atoms with Crippen LogP contribution in [0.2, 0.25) is 0 Å². The molecule has 128 valence electrons. The summed E-state index contributed by atoms with van der Waals surface area (Å²) in [7, 11) is 0. The van der Waals surface area contributed by atoms with Crippen molar-refractivity contribution in [3.05, 3.63) is 81.8 Å². The molecule has 1 N–H and O–H groups in total. The molecule has 1 aromatic heterocycles. The third kappa shape index (κ3) is 3.63. The topological polar surface area (TPSA) is 51.1 Å². The van der Waals surface area contributed by atoms with E-state index in [0.717, 1.165) is 22.9 Å². The van der Waals surface area contributed by atoms with Crippen LogP contribution in [0.1, 0.15) is 35.0 Å². The van der Waals surface area contributed by atoms with Gasteiger partial charge in [0.2, 0.25) is 0 Å². The molecule has 1 amide bonds. The monoisotopic (exact) mass is 334 g/mol. The van der Waals surface area contributed by atoms with Crippen molar-refractivity contribution in [1.29, 1.82) is 0 Å². The molecule has 0 radical (unpaired) electrons. The molecule has 0 saturated carbocycles. The van der Waals surface area contributed by atoms with Gasteiger partial charge in [-0.2, -0.15) is 0 Å². The van der Waals surface area contributed by atoms with Crippen molar-refractivity contribution < 1.29 is 4.79 Å². The number of nitrogens with zero attached hydrogens (tertiary/aromatic N) is 1. The van der Waals surface area contributed by atoms with Gasteiger partial charge in [-0.25, -0.2) is 0 Å². The van der Waals surface area contributed by atoms with Crippen molar-refractivity contribution in [3.8, 4) is 0 Å². The highest BCUT2D eigenvalue weighted by Crippen LogP contribution is 2.15. The minimum atomic E-state index is -0.225. The average molecular weight is 334 g/mol. The number of aromatic nitrogens is 1. The summed E-state index contributed by atoms with van der Waals surface area (Å²) in [6, 6.07) is 17.3. The summed E-state index contributed by atoms with van der Waals surface area (Å²) in [6.45, 7) is 4.92. The van der Waals surface area contributed by atoms with Gasteiger partial charge in [-0.05, 0) is 36.4 Å². The lowest BCUT2D eigenvalue weighted by molar-refractivity contribution is 0.0940. The Morgan fingerprint density at radius 1 is 1.08 bits per heavy atom. The molecule has 0 bridgehead atoms. The average Bonchev–Trinajstić information content (AvgIpc) is 2.63. The van der Waals surface area contributed by atoms with Crippen LogP contribution >= 0.6 is 0 Å². The van der Waals surface area contributed by atoms with E-state index in [2.05, 4.69) is 5.32 Å². The maximum absolute atomic E-state index is 12.9. The summed E-state index contributed by atoms with van der Waals surface area (Å²) in [6.07, 6.45) is 0.788. The van der Waals surface area contributed by atoms with E-state index in [0.29, 0.717) is 24.2 Å². The van der Waals surface area contributed by atoms with Crippen molar-refractivity contribution >= 4 is 16.7 Å². The molecule has 0 spiro atoms. The quantitative estimate of drug-likeness (QED) is 0.774. The van der Waals surface area contributed by atoms with E-state index >= 15 is 0 Å². The summed E-state index contributed by atoms with van der Waals surface area (Å²) in [5.74, 6) is -0.225. The summed E-state index contributed by atoms with van der Waals surface area (Å²) in [5.41, 5.74) is 2.37. The molecule has 0 saturated heterocycles. The number of hydrogen-bond acceptors (Lipinski definition) is 2. The van der Waals surface area contributed by atoms with Gasteiger partial charge in [-0.1, -0.05) is 55.0 Å². The molecule has 1 heterocycles. The van der Waals surface area contributed by atoms with Gasteiger partial charge in [0.15, 0.2) is 0 Å². The Morgan fingerprint density at radius 2 is 1.84 bits per heavy atom. The zero-order valence-corrected chi connectivity index (χ0v) is 14.6. The predicted molar refractivity (Wildman–Crippen MR) is 101 cm³/mol. The zero-order valence-electron chi connectivity index (χ0n) is 14.6. The second-order valence-corrected chi connectivity index (χ2v) is 6.25. The van der Waals surface area contributed by atoms with Crippen LogP contribution in [0.5, 0.6) is 0 Å². The molecule has 0 aliphatic carbocycles. The molecule has 0 atom stereocenters. The number of aryl methyl sites for hydroxylation is 1. The summed E-state index contributed by atoms with van der Waals surface area (Å²) < 4.78 is 1.59. The number of fused-ring (bicyclic) bond motifs is 1. The molecule has 4 heteroatoms. The van der Waals surface area contributed by atoms with Crippen molar-refractivity contribution in [2.24, 2.45) is 0 Å². The van der Waals surface area contributed by atoms with Gasteiger partial charge in [-0.3, -0.25) is 9.59 Å². The van der Waals surface area contributed by atoms with Crippen LogP contribution in [0.15, 0.2) is 59.4 Å². The van der Waals surface area contributed by atoms with Crippen molar-refractivity contribution in [1.82, 2.24) is 9.88 Å². The Morgan fingerprint density at radius 3 is 2.56 bits per heavy atom. The highest BCUT2D eigenvalue weighted by Gasteiger charge is 2.15. The van der Waals surface area contributed by atoms with Gasteiger partial charge in [0, 0.05) is 18.5 Å². The second kappa shape index (κ2) is 7.34. The van der Waals surface area contributed by atoms with Crippen LogP contribution in [0, 0.1) is 6.92 Å². The molecule has 2 aromatic carbocycles. The third-order valence-electron chi connectivity index (χ3n) is 4.24. The standard InChI is InChI=1S/C21H22N2O2/c1-3-11-23-19(20(24)22-14-16-7-5-4-6-8-16)13-17-10-9-15(2)12-18(17)21(23)25/h4-10,12-13H,3,11,14H2,1-2H3,(H,22,24). The second-order valence-electron chi connectivity index (χ2n) is 6.25. The molecule has 4 nitrogen and oxygen atoms in total. The van der Waals surface area contributed by atoms with Crippen LogP contribution in [0.4, 0.5) is 0 Å². The van der Waals surface area contributed by atoms with Crippen molar-refractivity contribution in [3.63, 3.8) is 0 Å². The first kappa shape index (κ1) is 17.0. The first-order valence-electron chi connectivity index (χ1n) is 8.56. The van der Waals surface area contributed by atoms with Crippen LogP contribution in [-0.2, 0) is 13.1 Å². The Bertz CT molecular complexity index is 959. The van der Waals surface area contributed by atoms with E-state index in [9.17, 15) is 9.59 Å². The number of amides is 1. The van der Waals surface area contributed by atoms with E-state index in [-0.39, 0.29) is 11.5 Å². The Kier molecular flexibility index (Phi) is 4.98. The molecule has 25 heavy (non-hydrogen) atoms. The van der Waals surface area contributed by atoms with E-state index < -0.39 is 0 Å².